The van der Waals surface area contributed by atoms with E-state index in [0.717, 1.165) is 37.9 Å². The van der Waals surface area contributed by atoms with Gasteiger partial charge >= 0.3 is 0 Å². The Labute approximate surface area is 98.9 Å². The molecule has 17 heavy (non-hydrogen) atoms. The zero-order chi connectivity index (χ0) is 11.5. The molecule has 0 spiro atoms. The molecule has 0 atom stereocenters. The summed E-state index contributed by atoms with van der Waals surface area (Å²) in [5, 5.41) is 8.42. The van der Waals surface area contributed by atoms with Crippen molar-refractivity contribution >= 4 is 5.82 Å². The molecule has 0 amide bonds. The van der Waals surface area contributed by atoms with Crippen LogP contribution in [0.2, 0.25) is 0 Å². The second kappa shape index (κ2) is 4.50. The van der Waals surface area contributed by atoms with Gasteiger partial charge < -0.3 is 9.64 Å². The molecule has 1 aliphatic heterocycles. The van der Waals surface area contributed by atoms with Gasteiger partial charge in [-0.15, -0.1) is 10.2 Å². The number of imidazole rings is 1. The maximum Gasteiger partial charge on any atom is 0.160 e. The standard InChI is InChI=1S/C11H13N5O/c1-2-11(16-4-3-12-9-16)14-13-10(1)15-5-7-17-8-6-15/h1-4,9H,5-8H2. The fourth-order valence-corrected chi connectivity index (χ4v) is 1.81. The van der Waals surface area contributed by atoms with Gasteiger partial charge in [-0.05, 0) is 12.1 Å². The van der Waals surface area contributed by atoms with Crippen LogP contribution in [-0.4, -0.2) is 46.1 Å². The monoisotopic (exact) mass is 231 g/mol. The maximum atomic E-state index is 5.30. The number of anilines is 1. The minimum absolute atomic E-state index is 0.755. The summed E-state index contributed by atoms with van der Waals surface area (Å²) in [5.41, 5.74) is 0. The summed E-state index contributed by atoms with van der Waals surface area (Å²) in [4.78, 5) is 6.15. The second-order valence-electron chi connectivity index (χ2n) is 3.82. The van der Waals surface area contributed by atoms with Gasteiger partial charge in [-0.25, -0.2) is 4.98 Å². The van der Waals surface area contributed by atoms with Crippen molar-refractivity contribution in [3.05, 3.63) is 30.9 Å². The molecule has 0 N–H and O–H groups in total. The van der Waals surface area contributed by atoms with Crippen LogP contribution in [0.4, 0.5) is 5.82 Å². The quantitative estimate of drug-likeness (QED) is 0.753. The molecule has 0 unspecified atom stereocenters. The summed E-state index contributed by atoms with van der Waals surface area (Å²) in [5.74, 6) is 1.68. The van der Waals surface area contributed by atoms with E-state index < -0.39 is 0 Å². The average Bonchev–Trinajstić information content (AvgIpc) is 2.94. The maximum absolute atomic E-state index is 5.30. The van der Waals surface area contributed by atoms with Crippen molar-refractivity contribution in [3.63, 3.8) is 0 Å². The molecule has 1 aliphatic rings. The zero-order valence-electron chi connectivity index (χ0n) is 9.36. The molecule has 1 saturated heterocycles. The van der Waals surface area contributed by atoms with Crippen molar-refractivity contribution in [2.75, 3.05) is 31.2 Å². The Hall–Kier alpha value is -1.95. The highest BCUT2D eigenvalue weighted by Gasteiger charge is 2.12. The first-order valence-corrected chi connectivity index (χ1v) is 5.58. The molecule has 88 valence electrons. The molecule has 3 rings (SSSR count). The van der Waals surface area contributed by atoms with Crippen LogP contribution in [0, 0.1) is 0 Å². The van der Waals surface area contributed by atoms with Crippen molar-refractivity contribution in [2.45, 2.75) is 0 Å². The SMILES string of the molecule is c1cn(-c2ccc(N3CCOCC3)nn2)cn1. The summed E-state index contributed by atoms with van der Waals surface area (Å²) in [6.45, 7) is 3.26. The number of ether oxygens (including phenoxy) is 1. The Bertz CT molecular complexity index is 461. The Morgan fingerprint density at radius 2 is 1.82 bits per heavy atom. The number of aromatic nitrogens is 4. The Morgan fingerprint density at radius 1 is 1.06 bits per heavy atom. The second-order valence-corrected chi connectivity index (χ2v) is 3.82. The van der Waals surface area contributed by atoms with Crippen LogP contribution in [0.25, 0.3) is 5.82 Å². The lowest BCUT2D eigenvalue weighted by Gasteiger charge is -2.27. The molecule has 1 fully saturated rings. The van der Waals surface area contributed by atoms with E-state index in [2.05, 4.69) is 20.1 Å². The van der Waals surface area contributed by atoms with Crippen LogP contribution in [0.1, 0.15) is 0 Å². The molecule has 0 aliphatic carbocycles. The summed E-state index contributed by atoms with van der Waals surface area (Å²) in [6, 6.07) is 3.92. The van der Waals surface area contributed by atoms with E-state index in [9.17, 15) is 0 Å². The molecule has 6 heteroatoms. The first-order valence-electron chi connectivity index (χ1n) is 5.58. The number of hydrogen-bond acceptors (Lipinski definition) is 5. The molecule has 0 saturated carbocycles. The number of morpholine rings is 1. The van der Waals surface area contributed by atoms with E-state index in [0.29, 0.717) is 0 Å². The van der Waals surface area contributed by atoms with Crippen LogP contribution >= 0.6 is 0 Å². The topological polar surface area (TPSA) is 56.1 Å². The molecule has 0 radical (unpaired) electrons. The average molecular weight is 231 g/mol. The first kappa shape index (κ1) is 10.2. The molecular formula is C11H13N5O. The van der Waals surface area contributed by atoms with Crippen LogP contribution in [0.15, 0.2) is 30.9 Å². The molecule has 2 aromatic rings. The van der Waals surface area contributed by atoms with Crippen molar-refractivity contribution in [1.82, 2.24) is 19.7 Å². The minimum Gasteiger partial charge on any atom is -0.378 e. The van der Waals surface area contributed by atoms with Crippen LogP contribution < -0.4 is 4.90 Å². The lowest BCUT2D eigenvalue weighted by atomic mass is 10.4. The van der Waals surface area contributed by atoms with Crippen molar-refractivity contribution in [3.8, 4) is 5.82 Å². The van der Waals surface area contributed by atoms with Crippen molar-refractivity contribution in [1.29, 1.82) is 0 Å². The van der Waals surface area contributed by atoms with Gasteiger partial charge in [0.15, 0.2) is 11.6 Å². The van der Waals surface area contributed by atoms with Crippen molar-refractivity contribution < 1.29 is 4.74 Å². The van der Waals surface area contributed by atoms with Gasteiger partial charge in [0.05, 0.1) is 13.2 Å². The lowest BCUT2D eigenvalue weighted by molar-refractivity contribution is 0.122. The highest BCUT2D eigenvalue weighted by atomic mass is 16.5. The zero-order valence-corrected chi connectivity index (χ0v) is 9.36. The van der Waals surface area contributed by atoms with E-state index in [4.69, 9.17) is 4.74 Å². The smallest absolute Gasteiger partial charge is 0.160 e. The third-order valence-corrected chi connectivity index (χ3v) is 2.74. The van der Waals surface area contributed by atoms with Gasteiger partial charge in [0.1, 0.15) is 6.33 Å². The van der Waals surface area contributed by atoms with Gasteiger partial charge in [-0.2, -0.15) is 0 Å². The first-order chi connectivity index (χ1) is 8.43. The van der Waals surface area contributed by atoms with E-state index in [1.54, 1.807) is 12.5 Å². The molecule has 3 heterocycles. The van der Waals surface area contributed by atoms with Gasteiger partial charge in [-0.3, -0.25) is 4.57 Å². The Balaban J connectivity index is 1.80. The molecule has 2 aromatic heterocycles. The van der Waals surface area contributed by atoms with Crippen LogP contribution in [0.3, 0.4) is 0 Å². The Morgan fingerprint density at radius 3 is 2.47 bits per heavy atom. The number of nitrogens with zero attached hydrogens (tertiary/aromatic N) is 5. The highest BCUT2D eigenvalue weighted by Crippen LogP contribution is 2.12. The highest BCUT2D eigenvalue weighted by molar-refractivity contribution is 5.39. The molecule has 0 aromatic carbocycles. The van der Waals surface area contributed by atoms with Crippen molar-refractivity contribution in [2.24, 2.45) is 0 Å². The van der Waals surface area contributed by atoms with Gasteiger partial charge in [0.2, 0.25) is 0 Å². The molecular weight excluding hydrogens is 218 g/mol. The third kappa shape index (κ3) is 2.12. The fraction of sp³-hybridized carbons (Fsp3) is 0.364. The lowest BCUT2D eigenvalue weighted by Crippen LogP contribution is -2.36. The van der Waals surface area contributed by atoms with Crippen LogP contribution in [-0.2, 0) is 4.74 Å². The largest absolute Gasteiger partial charge is 0.378 e. The van der Waals surface area contributed by atoms with Gasteiger partial charge in [0.25, 0.3) is 0 Å². The summed E-state index contributed by atoms with van der Waals surface area (Å²) >= 11 is 0. The van der Waals surface area contributed by atoms with Crippen LogP contribution in [0.5, 0.6) is 0 Å². The van der Waals surface area contributed by atoms with E-state index in [1.807, 2.05) is 22.9 Å². The summed E-state index contributed by atoms with van der Waals surface area (Å²) in [6.07, 6.45) is 5.27. The summed E-state index contributed by atoms with van der Waals surface area (Å²) in [7, 11) is 0. The van der Waals surface area contributed by atoms with Gasteiger partial charge in [0, 0.05) is 25.5 Å². The van der Waals surface area contributed by atoms with E-state index in [1.165, 1.54) is 0 Å². The fourth-order valence-electron chi connectivity index (χ4n) is 1.81. The summed E-state index contributed by atoms with van der Waals surface area (Å²) < 4.78 is 7.13. The third-order valence-electron chi connectivity index (χ3n) is 2.74. The predicted molar refractivity (Wildman–Crippen MR) is 62.2 cm³/mol. The predicted octanol–water partition coefficient (Wildman–Crippen LogP) is 0.499. The Kier molecular flexibility index (Phi) is 2.71. The minimum atomic E-state index is 0.755. The van der Waals surface area contributed by atoms with Gasteiger partial charge in [-0.1, -0.05) is 0 Å². The number of hydrogen-bond donors (Lipinski definition) is 0. The molecule has 0 bridgehead atoms. The van der Waals surface area contributed by atoms with E-state index in [-0.39, 0.29) is 0 Å². The van der Waals surface area contributed by atoms with E-state index >= 15 is 0 Å². The molecule has 6 nitrogen and oxygen atoms in total. The number of rotatable bonds is 2. The normalized spacial score (nSPS) is 16.1.